The number of fused-ring (bicyclic) bond motifs is 2. The van der Waals surface area contributed by atoms with E-state index in [1.807, 2.05) is 6.92 Å². The zero-order valence-corrected chi connectivity index (χ0v) is 18.8. The maximum Gasteiger partial charge on any atom is 0.318 e. The summed E-state index contributed by atoms with van der Waals surface area (Å²) in [5.74, 6) is -0.582. The van der Waals surface area contributed by atoms with Crippen molar-refractivity contribution in [3.05, 3.63) is 34.9 Å². The fraction of sp³-hybridized carbons (Fsp3) is 0.286. The van der Waals surface area contributed by atoms with Crippen LogP contribution in [0.25, 0.3) is 32.2 Å². The molecule has 2 aromatic heterocycles. The fourth-order valence-electron chi connectivity index (χ4n) is 3.99. The maximum atomic E-state index is 16.0. The number of halogens is 3. The number of hydrogen-bond donors (Lipinski definition) is 2. The van der Waals surface area contributed by atoms with Crippen LogP contribution in [-0.4, -0.2) is 47.7 Å². The average Bonchev–Trinajstić information content (AvgIpc) is 3.14. The van der Waals surface area contributed by atoms with Gasteiger partial charge in [0.2, 0.25) is 0 Å². The van der Waals surface area contributed by atoms with Crippen LogP contribution < -0.4 is 20.7 Å². The number of nitrogens with one attached hydrogen (secondary N) is 1. The third-order valence-corrected chi connectivity index (χ3v) is 6.81. The van der Waals surface area contributed by atoms with Gasteiger partial charge in [0.1, 0.15) is 17.2 Å². The molecule has 0 aliphatic carbocycles. The molecule has 3 heterocycles. The number of benzene rings is 2. The summed E-state index contributed by atoms with van der Waals surface area (Å²) < 4.78 is 35.8. The van der Waals surface area contributed by atoms with Crippen molar-refractivity contribution >= 4 is 55.0 Å². The Morgan fingerprint density at radius 3 is 2.69 bits per heavy atom. The second-order valence-corrected chi connectivity index (χ2v) is 8.84. The van der Waals surface area contributed by atoms with E-state index < -0.39 is 11.6 Å². The smallest absolute Gasteiger partial charge is 0.318 e. The number of likely N-dealkylation sites (N-methyl/N-ethyl adjacent to an activating group) is 1. The molecule has 7 nitrogen and oxygen atoms in total. The molecule has 0 atom stereocenters. The molecule has 32 heavy (non-hydrogen) atoms. The Morgan fingerprint density at radius 2 is 2.03 bits per heavy atom. The van der Waals surface area contributed by atoms with Gasteiger partial charge in [-0.1, -0.05) is 22.9 Å². The van der Waals surface area contributed by atoms with Gasteiger partial charge in [-0.2, -0.15) is 9.97 Å². The van der Waals surface area contributed by atoms with Crippen molar-refractivity contribution < 1.29 is 13.5 Å². The number of nitrogen functional groups attached to an aromatic ring is 1. The molecule has 0 spiro atoms. The molecule has 3 N–H and O–H groups in total. The first-order valence-electron chi connectivity index (χ1n) is 9.98. The molecule has 11 heteroatoms. The number of aromatic nitrogens is 3. The summed E-state index contributed by atoms with van der Waals surface area (Å²) in [7, 11) is 1.43. The molecule has 0 amide bonds. The van der Waals surface area contributed by atoms with Crippen molar-refractivity contribution in [3.8, 4) is 17.1 Å². The minimum Gasteiger partial charge on any atom is -0.467 e. The molecule has 4 aromatic rings. The highest BCUT2D eigenvalue weighted by molar-refractivity contribution is 7.22. The topological polar surface area (TPSA) is 89.2 Å². The minimum atomic E-state index is -0.656. The van der Waals surface area contributed by atoms with Gasteiger partial charge >= 0.3 is 6.01 Å². The third kappa shape index (κ3) is 3.21. The lowest BCUT2D eigenvalue weighted by Gasteiger charge is -2.38. The van der Waals surface area contributed by atoms with Crippen molar-refractivity contribution in [3.63, 3.8) is 0 Å². The van der Waals surface area contributed by atoms with Crippen molar-refractivity contribution in [1.82, 2.24) is 20.3 Å². The number of nitrogens with two attached hydrogens (primary N) is 1. The molecule has 0 saturated carbocycles. The van der Waals surface area contributed by atoms with Gasteiger partial charge in [-0.05, 0) is 25.1 Å². The van der Waals surface area contributed by atoms with Crippen LogP contribution in [0.15, 0.2) is 18.2 Å². The van der Waals surface area contributed by atoms with E-state index in [2.05, 4.69) is 25.2 Å². The summed E-state index contributed by atoms with van der Waals surface area (Å²) in [6, 6.07) is 4.62. The highest BCUT2D eigenvalue weighted by Gasteiger charge is 2.29. The monoisotopic (exact) mass is 476 g/mol. The lowest BCUT2D eigenvalue weighted by atomic mass is 10.0. The van der Waals surface area contributed by atoms with E-state index in [4.69, 9.17) is 22.1 Å². The van der Waals surface area contributed by atoms with Crippen molar-refractivity contribution in [1.29, 1.82) is 0 Å². The molecule has 1 fully saturated rings. The van der Waals surface area contributed by atoms with Crippen LogP contribution in [0.5, 0.6) is 6.01 Å². The van der Waals surface area contributed by atoms with Gasteiger partial charge in [0.25, 0.3) is 0 Å². The van der Waals surface area contributed by atoms with Crippen molar-refractivity contribution in [2.45, 2.75) is 13.0 Å². The van der Waals surface area contributed by atoms with Crippen LogP contribution in [-0.2, 0) is 0 Å². The standard InChI is InChI=1S/C21H19ClF2N6OS/c1-3-30(9-7-26-8-9)19-11-6-12(22)14(15(24)16(11)28-21(29-19)31-2)10-4-5-13(23)18-17(10)27-20(25)32-18/h4-6,9,26H,3,7-8H2,1-2H3,(H2,25,27). The van der Waals surface area contributed by atoms with Crippen LogP contribution in [0.2, 0.25) is 5.02 Å². The van der Waals surface area contributed by atoms with Crippen molar-refractivity contribution in [2.75, 3.05) is 37.4 Å². The summed E-state index contributed by atoms with van der Waals surface area (Å²) in [5, 5.41) is 4.04. The van der Waals surface area contributed by atoms with Gasteiger partial charge in [0.15, 0.2) is 10.9 Å². The normalized spacial score (nSPS) is 14.2. The molecule has 2 aromatic carbocycles. The Bertz CT molecular complexity index is 1360. The number of thiazole rings is 1. The largest absolute Gasteiger partial charge is 0.467 e. The zero-order valence-electron chi connectivity index (χ0n) is 17.2. The Labute approximate surface area is 191 Å². The lowest BCUT2D eigenvalue weighted by molar-refractivity contribution is 0.377. The van der Waals surface area contributed by atoms with Gasteiger partial charge in [-0.15, -0.1) is 0 Å². The highest BCUT2D eigenvalue weighted by atomic mass is 35.5. The number of methoxy groups -OCH3 is 1. The molecule has 1 saturated heterocycles. The molecule has 1 aliphatic rings. The van der Waals surface area contributed by atoms with Crippen LogP contribution in [0.4, 0.5) is 19.7 Å². The summed E-state index contributed by atoms with van der Waals surface area (Å²) in [4.78, 5) is 15.1. The summed E-state index contributed by atoms with van der Waals surface area (Å²) in [6.07, 6.45) is 0. The summed E-state index contributed by atoms with van der Waals surface area (Å²) in [5.41, 5.74) is 6.53. The Hall–Kier alpha value is -2.82. The Kier molecular flexibility index (Phi) is 5.23. The first-order chi connectivity index (χ1) is 15.4. The predicted octanol–water partition coefficient (Wildman–Crippen LogP) is 4.23. The molecular formula is C21H19ClF2N6OS. The molecule has 0 unspecified atom stereocenters. The highest BCUT2D eigenvalue weighted by Crippen LogP contribution is 2.42. The van der Waals surface area contributed by atoms with Gasteiger partial charge in [-0.25, -0.2) is 13.8 Å². The Morgan fingerprint density at radius 1 is 1.25 bits per heavy atom. The zero-order chi connectivity index (χ0) is 22.6. The van der Waals surface area contributed by atoms with E-state index in [1.54, 1.807) is 6.07 Å². The van der Waals surface area contributed by atoms with E-state index in [-0.39, 0.29) is 43.5 Å². The maximum absolute atomic E-state index is 16.0. The molecule has 0 radical (unpaired) electrons. The van der Waals surface area contributed by atoms with Crippen molar-refractivity contribution in [2.24, 2.45) is 0 Å². The molecule has 1 aliphatic heterocycles. The third-order valence-electron chi connectivity index (χ3n) is 5.62. The molecule has 166 valence electrons. The molecule has 0 bridgehead atoms. The molecular weight excluding hydrogens is 458 g/mol. The SMILES string of the molecule is CCN(c1nc(OC)nc2c(F)c(-c3ccc(F)c4sc(N)nc34)c(Cl)cc12)C1CNC1. The second-order valence-electron chi connectivity index (χ2n) is 7.40. The quantitative estimate of drug-likeness (QED) is 0.445. The average molecular weight is 477 g/mol. The second kappa shape index (κ2) is 7.95. The van der Waals surface area contributed by atoms with E-state index in [9.17, 15) is 4.39 Å². The van der Waals surface area contributed by atoms with E-state index in [0.29, 0.717) is 23.3 Å². The van der Waals surface area contributed by atoms with E-state index in [1.165, 1.54) is 19.2 Å². The van der Waals surface area contributed by atoms with Crippen LogP contribution >= 0.6 is 22.9 Å². The van der Waals surface area contributed by atoms with Crippen LogP contribution in [0.3, 0.4) is 0 Å². The number of nitrogens with zero attached hydrogens (tertiary/aromatic N) is 4. The van der Waals surface area contributed by atoms with E-state index >= 15 is 4.39 Å². The fourth-order valence-corrected chi connectivity index (χ4v) is 5.04. The number of ether oxygens (including phenoxy) is 1. The number of rotatable bonds is 5. The van der Waals surface area contributed by atoms with Crippen LogP contribution in [0, 0.1) is 11.6 Å². The first-order valence-corrected chi connectivity index (χ1v) is 11.2. The number of hydrogen-bond acceptors (Lipinski definition) is 8. The van der Waals surface area contributed by atoms with Gasteiger partial charge < -0.3 is 20.7 Å². The van der Waals surface area contributed by atoms with Gasteiger partial charge in [0.05, 0.1) is 28.4 Å². The van der Waals surface area contributed by atoms with Gasteiger partial charge in [-0.3, -0.25) is 0 Å². The Balaban J connectivity index is 1.80. The molecule has 5 rings (SSSR count). The lowest BCUT2D eigenvalue weighted by Crippen LogP contribution is -2.57. The van der Waals surface area contributed by atoms with Gasteiger partial charge in [0, 0.05) is 36.1 Å². The van der Waals surface area contributed by atoms with E-state index in [0.717, 1.165) is 24.4 Å². The summed E-state index contributed by atoms with van der Waals surface area (Å²) >= 11 is 7.60. The first kappa shape index (κ1) is 21.0. The number of anilines is 2. The minimum absolute atomic E-state index is 0.0487. The van der Waals surface area contributed by atoms with Crippen LogP contribution in [0.1, 0.15) is 6.92 Å². The predicted molar refractivity (Wildman–Crippen MR) is 124 cm³/mol. The summed E-state index contributed by atoms with van der Waals surface area (Å²) in [6.45, 7) is 4.27.